The van der Waals surface area contributed by atoms with E-state index in [0.717, 1.165) is 23.8 Å². The molecule has 1 aromatic rings. The first-order valence-corrected chi connectivity index (χ1v) is 8.33. The predicted octanol–water partition coefficient (Wildman–Crippen LogP) is 2.71. The molecule has 1 saturated carbocycles. The fourth-order valence-corrected chi connectivity index (χ4v) is 3.37. The summed E-state index contributed by atoms with van der Waals surface area (Å²) in [7, 11) is 1.63. The fraction of sp³-hybridized carbons (Fsp3) is 0.533. The average Bonchev–Trinajstić information content (AvgIpc) is 2.49. The standard InChI is InChI=1S/C15H23N3OS/c1-17-15(19)10-3-8-13(16)14(9-10)18-11-4-6-12(20-2)7-5-11/h3,8-9,11-12,18H,4-7,16H2,1-2H3,(H,17,19). The molecule has 0 spiro atoms. The van der Waals surface area contributed by atoms with Gasteiger partial charge in [0.15, 0.2) is 0 Å². The highest BCUT2D eigenvalue weighted by Gasteiger charge is 2.21. The molecule has 2 rings (SSSR count). The number of hydrogen-bond donors (Lipinski definition) is 3. The maximum Gasteiger partial charge on any atom is 0.251 e. The van der Waals surface area contributed by atoms with Crippen LogP contribution in [0.4, 0.5) is 11.4 Å². The van der Waals surface area contributed by atoms with Gasteiger partial charge in [-0.3, -0.25) is 4.79 Å². The molecule has 20 heavy (non-hydrogen) atoms. The van der Waals surface area contributed by atoms with Crippen LogP contribution in [0.15, 0.2) is 18.2 Å². The van der Waals surface area contributed by atoms with Crippen molar-refractivity contribution in [1.29, 1.82) is 0 Å². The van der Waals surface area contributed by atoms with E-state index in [1.54, 1.807) is 19.2 Å². The first-order valence-electron chi connectivity index (χ1n) is 7.05. The van der Waals surface area contributed by atoms with Crippen LogP contribution in [0.3, 0.4) is 0 Å². The molecule has 110 valence electrons. The second-order valence-electron chi connectivity index (χ2n) is 5.23. The minimum atomic E-state index is -0.0841. The number of nitrogens with two attached hydrogens (primary N) is 1. The third-order valence-electron chi connectivity index (χ3n) is 3.91. The van der Waals surface area contributed by atoms with Crippen molar-refractivity contribution in [3.8, 4) is 0 Å². The molecule has 4 nitrogen and oxygen atoms in total. The lowest BCUT2D eigenvalue weighted by Crippen LogP contribution is -2.27. The van der Waals surface area contributed by atoms with E-state index in [9.17, 15) is 4.79 Å². The van der Waals surface area contributed by atoms with Gasteiger partial charge in [0, 0.05) is 23.9 Å². The van der Waals surface area contributed by atoms with Crippen LogP contribution in [0, 0.1) is 0 Å². The Morgan fingerprint density at radius 2 is 2.00 bits per heavy atom. The molecule has 0 aliphatic heterocycles. The van der Waals surface area contributed by atoms with E-state index in [2.05, 4.69) is 16.9 Å². The molecule has 1 aliphatic rings. The molecule has 0 heterocycles. The van der Waals surface area contributed by atoms with Gasteiger partial charge in [-0.2, -0.15) is 11.8 Å². The number of thioether (sulfide) groups is 1. The molecule has 1 aliphatic carbocycles. The zero-order valence-electron chi connectivity index (χ0n) is 12.1. The number of hydrogen-bond acceptors (Lipinski definition) is 4. The van der Waals surface area contributed by atoms with Gasteiger partial charge in [-0.15, -0.1) is 0 Å². The number of carbonyl (C=O) groups excluding carboxylic acids is 1. The van der Waals surface area contributed by atoms with Gasteiger partial charge >= 0.3 is 0 Å². The minimum absolute atomic E-state index is 0.0841. The van der Waals surface area contributed by atoms with Crippen molar-refractivity contribution in [3.05, 3.63) is 23.8 Å². The van der Waals surface area contributed by atoms with Crippen LogP contribution >= 0.6 is 11.8 Å². The van der Waals surface area contributed by atoms with Crippen LogP contribution in [-0.2, 0) is 0 Å². The SMILES string of the molecule is CNC(=O)c1ccc(N)c(NC2CCC(SC)CC2)c1. The quantitative estimate of drug-likeness (QED) is 0.747. The fourth-order valence-electron chi connectivity index (χ4n) is 2.63. The van der Waals surface area contributed by atoms with E-state index in [1.165, 1.54) is 12.8 Å². The largest absolute Gasteiger partial charge is 0.397 e. The first-order chi connectivity index (χ1) is 9.63. The van der Waals surface area contributed by atoms with Gasteiger partial charge < -0.3 is 16.4 Å². The van der Waals surface area contributed by atoms with E-state index in [0.29, 0.717) is 17.3 Å². The molecule has 0 saturated heterocycles. The normalized spacial score (nSPS) is 22.3. The van der Waals surface area contributed by atoms with Gasteiger partial charge in [-0.1, -0.05) is 0 Å². The maximum absolute atomic E-state index is 11.7. The topological polar surface area (TPSA) is 67.2 Å². The predicted molar refractivity (Wildman–Crippen MR) is 87.4 cm³/mol. The summed E-state index contributed by atoms with van der Waals surface area (Å²) < 4.78 is 0. The molecule has 0 unspecified atom stereocenters. The zero-order valence-corrected chi connectivity index (χ0v) is 12.9. The monoisotopic (exact) mass is 293 g/mol. The highest BCUT2D eigenvalue weighted by molar-refractivity contribution is 7.99. The molecule has 1 aromatic carbocycles. The van der Waals surface area contributed by atoms with E-state index in [4.69, 9.17) is 5.73 Å². The summed E-state index contributed by atoms with van der Waals surface area (Å²) in [5, 5.41) is 6.93. The van der Waals surface area contributed by atoms with Crippen LogP contribution in [0.25, 0.3) is 0 Å². The Balaban J connectivity index is 2.03. The number of anilines is 2. The maximum atomic E-state index is 11.7. The van der Waals surface area contributed by atoms with Gasteiger partial charge in [-0.25, -0.2) is 0 Å². The zero-order chi connectivity index (χ0) is 14.5. The highest BCUT2D eigenvalue weighted by Crippen LogP contribution is 2.30. The summed E-state index contributed by atoms with van der Waals surface area (Å²) in [5.74, 6) is -0.0841. The van der Waals surface area contributed by atoms with E-state index in [-0.39, 0.29) is 5.91 Å². The molecule has 4 N–H and O–H groups in total. The Kier molecular flexibility index (Phi) is 5.17. The number of nitrogen functional groups attached to an aromatic ring is 1. The molecule has 1 amide bonds. The van der Waals surface area contributed by atoms with Crippen molar-refractivity contribution < 1.29 is 4.79 Å². The molecular formula is C15H23N3OS. The van der Waals surface area contributed by atoms with Crippen molar-refractivity contribution in [3.63, 3.8) is 0 Å². The summed E-state index contributed by atoms with van der Waals surface area (Å²) in [6, 6.07) is 5.85. The van der Waals surface area contributed by atoms with E-state index >= 15 is 0 Å². The van der Waals surface area contributed by atoms with Crippen LogP contribution < -0.4 is 16.4 Å². The van der Waals surface area contributed by atoms with E-state index < -0.39 is 0 Å². The Bertz CT molecular complexity index is 470. The van der Waals surface area contributed by atoms with Crippen molar-refractivity contribution in [1.82, 2.24) is 5.32 Å². The Labute approximate surface area is 124 Å². The number of benzene rings is 1. The van der Waals surface area contributed by atoms with Gasteiger partial charge in [0.05, 0.1) is 11.4 Å². The number of rotatable bonds is 4. The first kappa shape index (κ1) is 15.0. The lowest BCUT2D eigenvalue weighted by atomic mass is 9.94. The van der Waals surface area contributed by atoms with Crippen LogP contribution in [0.5, 0.6) is 0 Å². The second kappa shape index (κ2) is 6.88. The van der Waals surface area contributed by atoms with Gasteiger partial charge in [0.1, 0.15) is 0 Å². The van der Waals surface area contributed by atoms with Gasteiger partial charge in [0.2, 0.25) is 0 Å². The van der Waals surface area contributed by atoms with Crippen molar-refractivity contribution in [2.75, 3.05) is 24.4 Å². The number of amides is 1. The Hall–Kier alpha value is -1.36. The summed E-state index contributed by atoms with van der Waals surface area (Å²) >= 11 is 1.96. The lowest BCUT2D eigenvalue weighted by molar-refractivity contribution is 0.0963. The van der Waals surface area contributed by atoms with Crippen LogP contribution in [-0.4, -0.2) is 30.5 Å². The number of nitrogens with one attached hydrogen (secondary N) is 2. The third-order valence-corrected chi connectivity index (χ3v) is 5.05. The minimum Gasteiger partial charge on any atom is -0.397 e. The highest BCUT2D eigenvalue weighted by atomic mass is 32.2. The second-order valence-corrected chi connectivity index (χ2v) is 6.37. The molecule has 1 fully saturated rings. The van der Waals surface area contributed by atoms with Crippen LogP contribution in [0.2, 0.25) is 0 Å². The van der Waals surface area contributed by atoms with Gasteiger partial charge in [-0.05, 0) is 50.1 Å². The summed E-state index contributed by atoms with van der Waals surface area (Å²) in [6.07, 6.45) is 7.00. The summed E-state index contributed by atoms with van der Waals surface area (Å²) in [6.45, 7) is 0. The Morgan fingerprint density at radius 1 is 1.30 bits per heavy atom. The van der Waals surface area contributed by atoms with Crippen molar-refractivity contribution in [2.45, 2.75) is 37.0 Å². The third kappa shape index (κ3) is 3.60. The van der Waals surface area contributed by atoms with Crippen molar-refractivity contribution >= 4 is 29.0 Å². The van der Waals surface area contributed by atoms with Gasteiger partial charge in [0.25, 0.3) is 5.91 Å². The molecule has 0 atom stereocenters. The summed E-state index contributed by atoms with van der Waals surface area (Å²) in [4.78, 5) is 11.7. The summed E-state index contributed by atoms with van der Waals surface area (Å²) in [5.41, 5.74) is 8.22. The molecule has 5 heteroatoms. The smallest absolute Gasteiger partial charge is 0.251 e. The number of carbonyl (C=O) groups is 1. The molecular weight excluding hydrogens is 270 g/mol. The van der Waals surface area contributed by atoms with Crippen LogP contribution in [0.1, 0.15) is 36.0 Å². The molecule has 0 aromatic heterocycles. The molecule has 0 bridgehead atoms. The molecule has 0 radical (unpaired) electrons. The Morgan fingerprint density at radius 3 is 2.60 bits per heavy atom. The van der Waals surface area contributed by atoms with Crippen molar-refractivity contribution in [2.24, 2.45) is 0 Å². The average molecular weight is 293 g/mol. The van der Waals surface area contributed by atoms with E-state index in [1.807, 2.05) is 17.8 Å². The lowest BCUT2D eigenvalue weighted by Gasteiger charge is -2.29.